The Labute approximate surface area is 136 Å². The first-order valence-corrected chi connectivity index (χ1v) is 7.76. The highest BCUT2D eigenvalue weighted by Gasteiger charge is 2.36. The zero-order chi connectivity index (χ0) is 15.4. The monoisotopic (exact) mass is 377 g/mol. The molecule has 7 heteroatoms. The van der Waals surface area contributed by atoms with Gasteiger partial charge in [-0.25, -0.2) is 0 Å². The van der Waals surface area contributed by atoms with Gasteiger partial charge in [0.05, 0.1) is 17.7 Å². The van der Waals surface area contributed by atoms with Crippen molar-refractivity contribution in [3.63, 3.8) is 0 Å². The first-order chi connectivity index (χ1) is 10.0. The highest BCUT2D eigenvalue weighted by Crippen LogP contribution is 2.28. The molecule has 1 saturated heterocycles. The van der Waals surface area contributed by atoms with Gasteiger partial charge in [-0.3, -0.25) is 9.69 Å². The molecule has 0 amide bonds. The molecular weight excluding hydrogens is 362 g/mol. The number of likely N-dealkylation sites (tertiary alicyclic amines) is 1. The van der Waals surface area contributed by atoms with Crippen LogP contribution in [-0.4, -0.2) is 54.9 Å². The SMILES string of the molecule is COC(=O)C1CC(O)CN1CCOc1ccc(Cl)cc1Br. The quantitative estimate of drug-likeness (QED) is 0.795. The lowest BCUT2D eigenvalue weighted by Gasteiger charge is -2.22. The van der Waals surface area contributed by atoms with Crippen LogP contribution in [-0.2, 0) is 9.53 Å². The highest BCUT2D eigenvalue weighted by atomic mass is 79.9. The molecule has 1 aliphatic heterocycles. The van der Waals surface area contributed by atoms with Crippen LogP contribution in [0.3, 0.4) is 0 Å². The van der Waals surface area contributed by atoms with Gasteiger partial charge in [-0.05, 0) is 34.1 Å². The van der Waals surface area contributed by atoms with E-state index in [4.69, 9.17) is 21.1 Å². The van der Waals surface area contributed by atoms with Crippen LogP contribution in [0.15, 0.2) is 22.7 Å². The number of rotatable bonds is 5. The van der Waals surface area contributed by atoms with Gasteiger partial charge >= 0.3 is 5.97 Å². The summed E-state index contributed by atoms with van der Waals surface area (Å²) in [6.45, 7) is 1.39. The minimum atomic E-state index is -0.503. The summed E-state index contributed by atoms with van der Waals surface area (Å²) in [6.07, 6.45) is -0.103. The van der Waals surface area contributed by atoms with Gasteiger partial charge in [-0.15, -0.1) is 0 Å². The van der Waals surface area contributed by atoms with Gasteiger partial charge in [0.25, 0.3) is 0 Å². The Morgan fingerprint density at radius 3 is 3.00 bits per heavy atom. The van der Waals surface area contributed by atoms with E-state index >= 15 is 0 Å². The predicted molar refractivity (Wildman–Crippen MR) is 82.6 cm³/mol. The maximum atomic E-state index is 11.7. The summed E-state index contributed by atoms with van der Waals surface area (Å²) in [5.74, 6) is 0.369. The topological polar surface area (TPSA) is 59.0 Å². The second-order valence-electron chi connectivity index (χ2n) is 4.85. The molecule has 0 spiro atoms. The largest absolute Gasteiger partial charge is 0.491 e. The molecule has 2 atom stereocenters. The van der Waals surface area contributed by atoms with Crippen LogP contribution in [0.2, 0.25) is 5.02 Å². The molecule has 116 valence electrons. The fraction of sp³-hybridized carbons (Fsp3) is 0.500. The molecule has 0 aromatic heterocycles. The molecule has 2 rings (SSSR count). The summed E-state index contributed by atoms with van der Waals surface area (Å²) in [6, 6.07) is 4.89. The normalized spacial score (nSPS) is 22.3. The summed E-state index contributed by atoms with van der Waals surface area (Å²) in [7, 11) is 1.35. The number of hydrogen-bond donors (Lipinski definition) is 1. The van der Waals surface area contributed by atoms with E-state index in [-0.39, 0.29) is 5.97 Å². The molecule has 1 fully saturated rings. The minimum absolute atomic E-state index is 0.320. The Hall–Kier alpha value is -0.820. The van der Waals surface area contributed by atoms with Crippen molar-refractivity contribution in [2.45, 2.75) is 18.6 Å². The van der Waals surface area contributed by atoms with E-state index in [1.54, 1.807) is 18.2 Å². The van der Waals surface area contributed by atoms with Crippen LogP contribution in [0, 0.1) is 0 Å². The van der Waals surface area contributed by atoms with E-state index in [2.05, 4.69) is 15.9 Å². The van der Waals surface area contributed by atoms with Gasteiger partial charge in [-0.1, -0.05) is 11.6 Å². The van der Waals surface area contributed by atoms with Crippen LogP contribution in [0.25, 0.3) is 0 Å². The smallest absolute Gasteiger partial charge is 0.323 e. The number of methoxy groups -OCH3 is 1. The number of nitrogens with zero attached hydrogens (tertiary/aromatic N) is 1. The van der Waals surface area contributed by atoms with Crippen LogP contribution in [0.5, 0.6) is 5.75 Å². The first-order valence-electron chi connectivity index (χ1n) is 6.59. The molecule has 0 radical (unpaired) electrons. The van der Waals surface area contributed by atoms with Gasteiger partial charge in [0.2, 0.25) is 0 Å². The lowest BCUT2D eigenvalue weighted by atomic mass is 10.2. The molecule has 0 bridgehead atoms. The number of benzene rings is 1. The molecule has 1 aliphatic rings. The summed E-state index contributed by atoms with van der Waals surface area (Å²) < 4.78 is 11.2. The van der Waals surface area contributed by atoms with Gasteiger partial charge < -0.3 is 14.6 Å². The molecule has 1 aromatic carbocycles. The van der Waals surface area contributed by atoms with Gasteiger partial charge in [0.1, 0.15) is 18.4 Å². The molecule has 1 heterocycles. The van der Waals surface area contributed by atoms with Gasteiger partial charge in [0.15, 0.2) is 0 Å². The van der Waals surface area contributed by atoms with Crippen molar-refractivity contribution >= 4 is 33.5 Å². The Morgan fingerprint density at radius 1 is 1.57 bits per heavy atom. The summed E-state index contributed by atoms with van der Waals surface area (Å²) in [4.78, 5) is 13.5. The number of esters is 1. The number of ether oxygens (including phenoxy) is 2. The third-order valence-corrected chi connectivity index (χ3v) is 4.24. The fourth-order valence-electron chi connectivity index (χ4n) is 2.37. The lowest BCUT2D eigenvalue weighted by Crippen LogP contribution is -2.39. The Bertz CT molecular complexity index is 514. The number of carbonyl (C=O) groups is 1. The van der Waals surface area contributed by atoms with Crippen molar-refractivity contribution in [2.75, 3.05) is 26.8 Å². The summed E-state index contributed by atoms with van der Waals surface area (Å²) in [5, 5.41) is 10.3. The molecule has 5 nitrogen and oxygen atoms in total. The number of carbonyl (C=O) groups excluding carboxylic acids is 1. The van der Waals surface area contributed by atoms with E-state index in [9.17, 15) is 9.90 Å². The van der Waals surface area contributed by atoms with Crippen LogP contribution < -0.4 is 4.74 Å². The lowest BCUT2D eigenvalue weighted by molar-refractivity contribution is -0.146. The van der Waals surface area contributed by atoms with Gasteiger partial charge in [0, 0.05) is 24.5 Å². The van der Waals surface area contributed by atoms with Crippen molar-refractivity contribution < 1.29 is 19.4 Å². The average molecular weight is 379 g/mol. The molecule has 0 saturated carbocycles. The average Bonchev–Trinajstić information content (AvgIpc) is 2.81. The summed E-state index contributed by atoms with van der Waals surface area (Å²) >= 11 is 9.25. The predicted octanol–water partition coefficient (Wildman–Crippen LogP) is 2.09. The van der Waals surface area contributed by atoms with Crippen LogP contribution in [0.1, 0.15) is 6.42 Å². The maximum Gasteiger partial charge on any atom is 0.323 e. The number of halogens is 2. The standard InChI is InChI=1S/C14H17BrClNO4/c1-20-14(19)12-7-10(18)8-17(12)4-5-21-13-3-2-9(16)6-11(13)15/h2-3,6,10,12,18H,4-5,7-8H2,1H3. The molecule has 1 aromatic rings. The van der Waals surface area contributed by atoms with Crippen molar-refractivity contribution in [3.8, 4) is 5.75 Å². The van der Waals surface area contributed by atoms with E-state index in [1.165, 1.54) is 7.11 Å². The third kappa shape index (κ3) is 4.32. The Kier molecular flexibility index (Phi) is 5.87. The highest BCUT2D eigenvalue weighted by molar-refractivity contribution is 9.10. The van der Waals surface area contributed by atoms with E-state index in [0.29, 0.717) is 36.9 Å². The second kappa shape index (κ2) is 7.45. The molecule has 1 N–H and O–H groups in total. The van der Waals surface area contributed by atoms with Crippen molar-refractivity contribution in [1.82, 2.24) is 4.90 Å². The second-order valence-corrected chi connectivity index (χ2v) is 6.14. The number of β-amino-alcohol motifs (C(OH)–C–C–N with tert-alkyl or cyclic N) is 1. The third-order valence-electron chi connectivity index (χ3n) is 3.38. The van der Waals surface area contributed by atoms with E-state index in [1.807, 2.05) is 4.90 Å². The fourth-order valence-corrected chi connectivity index (χ4v) is 3.17. The number of aliphatic hydroxyl groups excluding tert-OH is 1. The molecule has 0 aliphatic carbocycles. The zero-order valence-corrected chi connectivity index (χ0v) is 13.9. The Balaban J connectivity index is 1.88. The van der Waals surface area contributed by atoms with E-state index < -0.39 is 12.1 Å². The molecule has 2 unspecified atom stereocenters. The number of hydrogen-bond acceptors (Lipinski definition) is 5. The zero-order valence-electron chi connectivity index (χ0n) is 11.6. The van der Waals surface area contributed by atoms with Crippen LogP contribution in [0.4, 0.5) is 0 Å². The van der Waals surface area contributed by atoms with E-state index in [0.717, 1.165) is 4.47 Å². The minimum Gasteiger partial charge on any atom is -0.491 e. The molecular formula is C14H17BrClNO4. The first kappa shape index (κ1) is 16.5. The maximum absolute atomic E-state index is 11.7. The van der Waals surface area contributed by atoms with Gasteiger partial charge in [-0.2, -0.15) is 0 Å². The summed E-state index contributed by atoms with van der Waals surface area (Å²) in [5.41, 5.74) is 0. The van der Waals surface area contributed by atoms with Crippen molar-refractivity contribution in [3.05, 3.63) is 27.7 Å². The van der Waals surface area contributed by atoms with Crippen molar-refractivity contribution in [1.29, 1.82) is 0 Å². The Morgan fingerprint density at radius 2 is 2.33 bits per heavy atom. The number of aliphatic hydroxyl groups is 1. The van der Waals surface area contributed by atoms with Crippen molar-refractivity contribution in [2.24, 2.45) is 0 Å². The molecule has 21 heavy (non-hydrogen) atoms. The van der Waals surface area contributed by atoms with Crippen LogP contribution >= 0.6 is 27.5 Å².